The predicted octanol–water partition coefficient (Wildman–Crippen LogP) is 5.14. The van der Waals surface area contributed by atoms with Gasteiger partial charge in [0.1, 0.15) is 5.75 Å². The Hall–Kier alpha value is -3.47. The maximum Gasteiger partial charge on any atom is 0.165 e. The van der Waals surface area contributed by atoms with Gasteiger partial charge in [0, 0.05) is 17.7 Å². The van der Waals surface area contributed by atoms with Crippen molar-refractivity contribution in [3.05, 3.63) is 83.9 Å². The van der Waals surface area contributed by atoms with Crippen molar-refractivity contribution in [2.24, 2.45) is 0 Å². The van der Waals surface area contributed by atoms with Gasteiger partial charge in [0.05, 0.1) is 27.4 Å². The molecule has 0 aliphatic heterocycles. The first-order valence-electron chi connectivity index (χ1n) is 9.35. The molecule has 3 aromatic rings. The summed E-state index contributed by atoms with van der Waals surface area (Å²) in [6.45, 7) is 0. The molecule has 0 aromatic heterocycles. The maximum absolute atomic E-state index is 12.9. The second kappa shape index (κ2) is 9.64. The van der Waals surface area contributed by atoms with Gasteiger partial charge in [-0.2, -0.15) is 0 Å². The van der Waals surface area contributed by atoms with Crippen molar-refractivity contribution in [3.63, 3.8) is 0 Å². The quantitative estimate of drug-likeness (QED) is 0.512. The molecule has 29 heavy (non-hydrogen) atoms. The van der Waals surface area contributed by atoms with E-state index >= 15 is 0 Å². The zero-order valence-corrected chi connectivity index (χ0v) is 16.8. The molecule has 0 heterocycles. The molecule has 1 atom stereocenters. The predicted molar refractivity (Wildman–Crippen MR) is 114 cm³/mol. The largest absolute Gasteiger partial charge is 0.497 e. The number of hydrogen-bond donors (Lipinski definition) is 1. The summed E-state index contributed by atoms with van der Waals surface area (Å²) in [5.41, 5.74) is 2.52. The van der Waals surface area contributed by atoms with Crippen molar-refractivity contribution in [1.82, 2.24) is 0 Å². The van der Waals surface area contributed by atoms with Crippen molar-refractivity contribution in [1.29, 1.82) is 0 Å². The van der Waals surface area contributed by atoms with Gasteiger partial charge in [-0.25, -0.2) is 0 Å². The third-order valence-electron chi connectivity index (χ3n) is 4.73. The Balaban J connectivity index is 1.90. The van der Waals surface area contributed by atoms with Gasteiger partial charge in [0.15, 0.2) is 17.3 Å². The number of hydrogen-bond acceptors (Lipinski definition) is 5. The second-order valence-corrected chi connectivity index (χ2v) is 6.53. The van der Waals surface area contributed by atoms with Gasteiger partial charge >= 0.3 is 0 Å². The summed E-state index contributed by atoms with van der Waals surface area (Å²) >= 11 is 0. The number of carbonyl (C=O) groups excluding carboxylic acids is 1. The monoisotopic (exact) mass is 391 g/mol. The van der Waals surface area contributed by atoms with Crippen LogP contribution < -0.4 is 19.5 Å². The summed E-state index contributed by atoms with van der Waals surface area (Å²) in [5.74, 6) is 2.11. The van der Waals surface area contributed by atoms with Crippen LogP contribution in [0.2, 0.25) is 0 Å². The highest BCUT2D eigenvalue weighted by molar-refractivity contribution is 5.96. The highest BCUT2D eigenvalue weighted by Crippen LogP contribution is 2.33. The minimum Gasteiger partial charge on any atom is -0.497 e. The van der Waals surface area contributed by atoms with Crippen LogP contribution in [0.3, 0.4) is 0 Å². The summed E-state index contributed by atoms with van der Waals surface area (Å²) in [7, 11) is 4.83. The van der Waals surface area contributed by atoms with Crippen LogP contribution in [-0.4, -0.2) is 27.1 Å². The SMILES string of the molecule is COc1ccc(NC(CC(=O)c2ccccc2)c2ccc(OC)c(OC)c2)cc1. The Bertz CT molecular complexity index is 939. The van der Waals surface area contributed by atoms with E-state index in [-0.39, 0.29) is 11.8 Å². The number of ketones is 1. The van der Waals surface area contributed by atoms with Crippen molar-refractivity contribution in [3.8, 4) is 17.2 Å². The topological polar surface area (TPSA) is 56.8 Å². The van der Waals surface area contributed by atoms with Crippen LogP contribution in [0.15, 0.2) is 72.8 Å². The molecule has 5 heteroatoms. The Kier molecular flexibility index (Phi) is 6.74. The molecule has 5 nitrogen and oxygen atoms in total. The first kappa shape index (κ1) is 20.3. The average Bonchev–Trinajstić information content (AvgIpc) is 2.79. The molecule has 0 saturated heterocycles. The van der Waals surface area contributed by atoms with Crippen LogP contribution in [0.1, 0.15) is 28.4 Å². The number of carbonyl (C=O) groups is 1. The van der Waals surface area contributed by atoms with E-state index in [2.05, 4.69) is 5.32 Å². The average molecular weight is 391 g/mol. The van der Waals surface area contributed by atoms with Crippen LogP contribution >= 0.6 is 0 Å². The Morgan fingerprint density at radius 1 is 0.828 bits per heavy atom. The number of nitrogens with one attached hydrogen (secondary N) is 1. The lowest BCUT2D eigenvalue weighted by Gasteiger charge is -2.21. The second-order valence-electron chi connectivity index (χ2n) is 6.53. The number of anilines is 1. The number of Topliss-reactive ketones (excluding diaryl/α,β-unsaturated/α-hetero) is 1. The summed E-state index contributed by atoms with van der Waals surface area (Å²) in [4.78, 5) is 12.9. The third-order valence-corrected chi connectivity index (χ3v) is 4.73. The van der Waals surface area contributed by atoms with E-state index in [0.29, 0.717) is 23.5 Å². The molecule has 3 rings (SSSR count). The molecule has 150 valence electrons. The van der Waals surface area contributed by atoms with Crippen LogP contribution in [0, 0.1) is 0 Å². The zero-order chi connectivity index (χ0) is 20.6. The van der Waals surface area contributed by atoms with E-state index in [9.17, 15) is 4.79 Å². The lowest BCUT2D eigenvalue weighted by Crippen LogP contribution is -2.16. The molecule has 1 N–H and O–H groups in total. The molecule has 3 aromatic carbocycles. The molecule has 0 spiro atoms. The van der Waals surface area contributed by atoms with Gasteiger partial charge in [0.2, 0.25) is 0 Å². The van der Waals surface area contributed by atoms with Crippen LogP contribution in [0.25, 0.3) is 0 Å². The van der Waals surface area contributed by atoms with Gasteiger partial charge in [-0.1, -0.05) is 36.4 Å². The lowest BCUT2D eigenvalue weighted by atomic mass is 9.97. The van der Waals surface area contributed by atoms with Crippen molar-refractivity contribution >= 4 is 11.5 Å². The summed E-state index contributed by atoms with van der Waals surface area (Å²) in [5, 5.41) is 3.46. The molecular weight excluding hydrogens is 366 g/mol. The Morgan fingerprint density at radius 2 is 1.52 bits per heavy atom. The first-order chi connectivity index (χ1) is 14.1. The first-order valence-corrected chi connectivity index (χ1v) is 9.35. The van der Waals surface area contributed by atoms with Gasteiger partial charge in [-0.05, 0) is 42.0 Å². The minimum atomic E-state index is -0.240. The van der Waals surface area contributed by atoms with Crippen LogP contribution in [0.5, 0.6) is 17.2 Å². The smallest absolute Gasteiger partial charge is 0.165 e. The maximum atomic E-state index is 12.9. The van der Waals surface area contributed by atoms with Crippen LogP contribution in [0.4, 0.5) is 5.69 Å². The Labute approximate surface area is 171 Å². The van der Waals surface area contributed by atoms with Crippen molar-refractivity contribution in [2.45, 2.75) is 12.5 Å². The lowest BCUT2D eigenvalue weighted by molar-refractivity contribution is 0.0976. The summed E-state index contributed by atoms with van der Waals surface area (Å²) < 4.78 is 16.0. The summed E-state index contributed by atoms with van der Waals surface area (Å²) in [6.07, 6.45) is 0.297. The standard InChI is InChI=1S/C24H25NO4/c1-27-20-12-10-19(11-13-20)25-21(16-22(26)17-7-5-4-6-8-17)18-9-14-23(28-2)24(15-18)29-3/h4-15,21,25H,16H2,1-3H3. The fraction of sp³-hybridized carbons (Fsp3) is 0.208. The van der Waals surface area contributed by atoms with Crippen LogP contribution in [-0.2, 0) is 0 Å². The molecule has 1 unspecified atom stereocenters. The van der Waals surface area contributed by atoms with Gasteiger partial charge < -0.3 is 19.5 Å². The fourth-order valence-electron chi connectivity index (χ4n) is 3.14. The van der Waals surface area contributed by atoms with E-state index in [1.54, 1.807) is 21.3 Å². The van der Waals surface area contributed by atoms with E-state index in [0.717, 1.165) is 17.0 Å². The highest BCUT2D eigenvalue weighted by Gasteiger charge is 2.19. The van der Waals surface area contributed by atoms with E-state index in [4.69, 9.17) is 14.2 Å². The number of methoxy groups -OCH3 is 3. The van der Waals surface area contributed by atoms with E-state index in [1.165, 1.54) is 0 Å². The molecule has 0 amide bonds. The zero-order valence-electron chi connectivity index (χ0n) is 16.8. The number of benzene rings is 3. The molecule has 0 aliphatic carbocycles. The molecule has 0 bridgehead atoms. The van der Waals surface area contributed by atoms with E-state index < -0.39 is 0 Å². The minimum absolute atomic E-state index is 0.0615. The van der Waals surface area contributed by atoms with Gasteiger partial charge in [0.25, 0.3) is 0 Å². The Morgan fingerprint density at radius 3 is 2.14 bits per heavy atom. The molecule has 0 aliphatic rings. The van der Waals surface area contributed by atoms with Crippen molar-refractivity contribution < 1.29 is 19.0 Å². The molecule has 0 fully saturated rings. The van der Waals surface area contributed by atoms with E-state index in [1.807, 2.05) is 72.8 Å². The molecule has 0 radical (unpaired) electrons. The summed E-state index contributed by atoms with van der Waals surface area (Å²) in [6, 6.07) is 22.4. The normalized spacial score (nSPS) is 11.4. The fourth-order valence-corrected chi connectivity index (χ4v) is 3.14. The van der Waals surface area contributed by atoms with Gasteiger partial charge in [-0.3, -0.25) is 4.79 Å². The molecular formula is C24H25NO4. The highest BCUT2D eigenvalue weighted by atomic mass is 16.5. The number of ether oxygens (including phenoxy) is 3. The molecule has 0 saturated carbocycles. The van der Waals surface area contributed by atoms with Crippen molar-refractivity contribution in [2.75, 3.05) is 26.6 Å². The third kappa shape index (κ3) is 5.08. The van der Waals surface area contributed by atoms with Gasteiger partial charge in [-0.15, -0.1) is 0 Å². The number of rotatable bonds is 9.